The molecule has 0 unspecified atom stereocenters. The lowest BCUT2D eigenvalue weighted by Gasteiger charge is -2.24. The van der Waals surface area contributed by atoms with Gasteiger partial charge in [0.05, 0.1) is 28.3 Å². The van der Waals surface area contributed by atoms with E-state index in [0.29, 0.717) is 0 Å². The minimum Gasteiger partial charge on any atom is -0.370 e. The van der Waals surface area contributed by atoms with Gasteiger partial charge >= 0.3 is 0 Å². The van der Waals surface area contributed by atoms with Crippen molar-refractivity contribution in [1.29, 1.82) is 0 Å². The molecule has 9 heterocycles. The Labute approximate surface area is 352 Å². The van der Waals surface area contributed by atoms with Gasteiger partial charge in [0.25, 0.3) is 0 Å². The maximum atomic E-state index is 5.58. The highest BCUT2D eigenvalue weighted by Crippen LogP contribution is 2.43. The zero-order chi connectivity index (χ0) is 41.0. The van der Waals surface area contributed by atoms with E-state index < -0.39 is 0 Å². The molecule has 0 aromatic carbocycles. The van der Waals surface area contributed by atoms with E-state index in [9.17, 15) is 0 Å². The van der Waals surface area contributed by atoms with Gasteiger partial charge in [-0.3, -0.25) is 0 Å². The minimum absolute atomic E-state index is 0.742. The monoisotopic (exact) mass is 786 g/mol. The third-order valence-electron chi connectivity index (χ3n) is 11.3. The second-order valence-electron chi connectivity index (χ2n) is 15.4. The van der Waals surface area contributed by atoms with Crippen LogP contribution in [0.3, 0.4) is 0 Å². The molecule has 8 nitrogen and oxygen atoms in total. The first-order chi connectivity index (χ1) is 29.5. The topological polar surface area (TPSA) is 70.3 Å². The fraction of sp³-hybridized carbons (Fsp3) is 0.154. The normalized spacial score (nSPS) is 17.0. The fourth-order valence-electron chi connectivity index (χ4n) is 8.43. The molecule has 0 spiro atoms. The van der Waals surface area contributed by atoms with Gasteiger partial charge < -0.3 is 29.6 Å². The molecule has 0 fully saturated rings. The lowest BCUT2D eigenvalue weighted by Crippen LogP contribution is -2.20. The SMILES string of the molecule is C=CCN1C=CC(C2=Cc3cc4ccc(cc5nc(cc6[nH]c(c(C7=CCN(CC=C)C=C7)c2n3)c(C2=CCN(CC=C)C=C2)c6C2=CCN(CC=C)C=C2)C=C5)[nH]4)=CC1. The first kappa shape index (κ1) is 38.2. The number of hydrogen-bond acceptors (Lipinski definition) is 6. The fourth-order valence-corrected chi connectivity index (χ4v) is 8.43. The molecular formula is C52H50N8. The van der Waals surface area contributed by atoms with Crippen LogP contribution in [-0.2, 0) is 0 Å². The number of nitrogens with zero attached hydrogens (tertiary/aromatic N) is 6. The third-order valence-corrected chi connectivity index (χ3v) is 11.3. The average Bonchev–Trinajstić information content (AvgIpc) is 4.08. The molecule has 8 bridgehead atoms. The summed E-state index contributed by atoms with van der Waals surface area (Å²) in [4.78, 5) is 27.4. The molecule has 6 aliphatic heterocycles. The molecule has 3 aromatic heterocycles. The molecule has 0 saturated carbocycles. The van der Waals surface area contributed by atoms with Gasteiger partial charge in [-0.15, -0.1) is 26.3 Å². The van der Waals surface area contributed by atoms with E-state index in [0.717, 1.165) is 142 Å². The Hall–Kier alpha value is -7.32. The summed E-state index contributed by atoms with van der Waals surface area (Å²) in [6.07, 6.45) is 41.1. The molecular weight excluding hydrogens is 737 g/mol. The van der Waals surface area contributed by atoms with Crippen molar-refractivity contribution in [2.45, 2.75) is 0 Å². The Balaban J connectivity index is 1.41. The Morgan fingerprint density at radius 1 is 0.500 bits per heavy atom. The smallest absolute Gasteiger partial charge is 0.0815 e. The molecule has 60 heavy (non-hydrogen) atoms. The van der Waals surface area contributed by atoms with Crippen LogP contribution in [0, 0.1) is 0 Å². The maximum Gasteiger partial charge on any atom is 0.0815 e. The molecule has 2 N–H and O–H groups in total. The molecule has 9 rings (SSSR count). The summed E-state index contributed by atoms with van der Waals surface area (Å²) < 4.78 is 0. The Kier molecular flexibility index (Phi) is 10.7. The van der Waals surface area contributed by atoms with E-state index in [1.54, 1.807) is 0 Å². The van der Waals surface area contributed by atoms with Gasteiger partial charge in [0.1, 0.15) is 0 Å². The van der Waals surface area contributed by atoms with Crippen molar-refractivity contribution in [3.63, 3.8) is 0 Å². The van der Waals surface area contributed by atoms with E-state index in [1.165, 1.54) is 0 Å². The molecule has 8 heteroatoms. The van der Waals surface area contributed by atoms with Crippen molar-refractivity contribution >= 4 is 62.6 Å². The number of rotatable bonds is 12. The minimum atomic E-state index is 0.742. The van der Waals surface area contributed by atoms with Crippen molar-refractivity contribution in [2.75, 3.05) is 52.4 Å². The number of H-pyrrole nitrogens is 2. The molecule has 6 aliphatic rings. The van der Waals surface area contributed by atoms with Crippen LogP contribution in [0.2, 0.25) is 0 Å². The van der Waals surface area contributed by atoms with Gasteiger partial charge in [-0.1, -0.05) is 48.6 Å². The van der Waals surface area contributed by atoms with Crippen LogP contribution in [-0.4, -0.2) is 91.9 Å². The highest BCUT2D eigenvalue weighted by molar-refractivity contribution is 6.08. The first-order valence-corrected chi connectivity index (χ1v) is 20.6. The van der Waals surface area contributed by atoms with Crippen LogP contribution in [0.15, 0.2) is 160 Å². The van der Waals surface area contributed by atoms with Gasteiger partial charge in [0, 0.05) is 116 Å². The van der Waals surface area contributed by atoms with Crippen LogP contribution in [0.4, 0.5) is 0 Å². The van der Waals surface area contributed by atoms with Gasteiger partial charge in [-0.05, 0) is 95.2 Å². The lowest BCUT2D eigenvalue weighted by molar-refractivity contribution is 0.457. The molecule has 3 aromatic rings. The highest BCUT2D eigenvalue weighted by atomic mass is 15.1. The van der Waals surface area contributed by atoms with E-state index in [1.807, 2.05) is 24.3 Å². The number of fused-ring (bicyclic) bond motifs is 8. The quantitative estimate of drug-likeness (QED) is 0.139. The highest BCUT2D eigenvalue weighted by Gasteiger charge is 2.27. The van der Waals surface area contributed by atoms with Crippen molar-refractivity contribution in [3.05, 3.63) is 199 Å². The van der Waals surface area contributed by atoms with Crippen LogP contribution in [0.5, 0.6) is 0 Å². The van der Waals surface area contributed by atoms with E-state index in [4.69, 9.17) is 9.97 Å². The standard InChI is InChI=1S/C52H50N8/c1-5-21-57-25-13-37(14-26-57)46-35-45-34-43-10-9-41(53-43)33-42-11-12-44(54-42)36-47-48(38-15-27-58(22-6-2)28-16-38)49(39-17-29-59(23-7-3)30-18-39)52(56-47)50(51(46)55-45)40-19-31-60(24-8-4)32-20-40/h5-20,25,27,29,31,33-36,53,56H,1-4,21-24,26,28,30,32H2. The van der Waals surface area contributed by atoms with Gasteiger partial charge in [0.2, 0.25) is 0 Å². The number of nitrogens with one attached hydrogen (secondary N) is 2. The summed E-state index contributed by atoms with van der Waals surface area (Å²) in [7, 11) is 0. The van der Waals surface area contributed by atoms with Crippen LogP contribution < -0.4 is 0 Å². The van der Waals surface area contributed by atoms with Gasteiger partial charge in [-0.2, -0.15) is 0 Å². The lowest BCUT2D eigenvalue weighted by atomic mass is 9.88. The Morgan fingerprint density at radius 2 is 0.967 bits per heavy atom. The van der Waals surface area contributed by atoms with Crippen molar-refractivity contribution in [3.8, 4) is 0 Å². The summed E-state index contributed by atoms with van der Waals surface area (Å²) in [5, 5.41) is 0. The maximum absolute atomic E-state index is 5.58. The van der Waals surface area contributed by atoms with E-state index >= 15 is 0 Å². The van der Waals surface area contributed by atoms with E-state index in [-0.39, 0.29) is 0 Å². The molecule has 0 saturated heterocycles. The first-order valence-electron chi connectivity index (χ1n) is 20.6. The summed E-state index contributed by atoms with van der Waals surface area (Å²) in [6, 6.07) is 10.6. The van der Waals surface area contributed by atoms with Gasteiger partial charge in [0.15, 0.2) is 0 Å². The second kappa shape index (κ2) is 16.9. The number of allylic oxidation sites excluding steroid dienone is 9. The Morgan fingerprint density at radius 3 is 1.47 bits per heavy atom. The summed E-state index contributed by atoms with van der Waals surface area (Å²) in [5.74, 6) is 0. The van der Waals surface area contributed by atoms with Crippen molar-refractivity contribution in [2.24, 2.45) is 0 Å². The number of aromatic amines is 2. The van der Waals surface area contributed by atoms with Crippen molar-refractivity contribution < 1.29 is 0 Å². The van der Waals surface area contributed by atoms with Crippen LogP contribution in [0.1, 0.15) is 39.5 Å². The van der Waals surface area contributed by atoms with Crippen molar-refractivity contribution in [1.82, 2.24) is 39.5 Å². The summed E-state index contributed by atoms with van der Waals surface area (Å²) in [5.41, 5.74) is 16.4. The molecule has 0 atom stereocenters. The third kappa shape index (κ3) is 7.79. The summed E-state index contributed by atoms with van der Waals surface area (Å²) >= 11 is 0. The number of aromatic nitrogens is 4. The Bertz CT molecular complexity index is 2760. The average molecular weight is 787 g/mol. The predicted octanol–water partition coefficient (Wildman–Crippen LogP) is 10.2. The molecule has 298 valence electrons. The van der Waals surface area contributed by atoms with E-state index in [2.05, 4.69) is 178 Å². The second-order valence-corrected chi connectivity index (χ2v) is 15.4. The number of hydrogen-bond donors (Lipinski definition) is 2. The van der Waals surface area contributed by atoms with Gasteiger partial charge in [-0.25, -0.2) is 9.97 Å². The van der Waals surface area contributed by atoms with Crippen LogP contribution >= 0.6 is 0 Å². The largest absolute Gasteiger partial charge is 0.370 e. The molecule has 0 amide bonds. The zero-order valence-electron chi connectivity index (χ0n) is 34.0. The molecule has 0 aliphatic carbocycles. The van der Waals surface area contributed by atoms with Crippen LogP contribution in [0.25, 0.3) is 62.6 Å². The summed E-state index contributed by atoms with van der Waals surface area (Å²) in [6.45, 7) is 22.1. The zero-order valence-corrected chi connectivity index (χ0v) is 34.0. The predicted molar refractivity (Wildman–Crippen MR) is 253 cm³/mol. The molecule has 0 radical (unpaired) electrons.